The number of carbonyl (C=O) groups is 2. The molecule has 0 spiro atoms. The summed E-state index contributed by atoms with van der Waals surface area (Å²) in [6.07, 6.45) is 4.90. The van der Waals surface area contributed by atoms with Gasteiger partial charge in [-0.05, 0) is 19.4 Å². The first kappa shape index (κ1) is 6.98. The first-order valence-corrected chi connectivity index (χ1v) is 4.04. The van der Waals surface area contributed by atoms with Crippen LogP contribution in [-0.4, -0.2) is 35.6 Å². The highest BCUT2D eigenvalue weighted by molar-refractivity contribution is 5.95. The molecule has 0 aliphatic carbocycles. The molecule has 11 heavy (non-hydrogen) atoms. The molecular weight excluding hydrogens is 142 g/mol. The van der Waals surface area contributed by atoms with Crippen molar-refractivity contribution < 1.29 is 9.59 Å². The lowest BCUT2D eigenvalue weighted by Gasteiger charge is -2.07. The van der Waals surface area contributed by atoms with Crippen molar-refractivity contribution in [2.75, 3.05) is 6.54 Å². The molecule has 3 nitrogen and oxygen atoms in total. The monoisotopic (exact) mass is 153 g/mol. The SMILES string of the molecule is O=CC1(C=O)C2CCCCN21. The highest BCUT2D eigenvalue weighted by Crippen LogP contribution is 2.43. The molecular formula is C8H11NO2. The van der Waals surface area contributed by atoms with Crippen molar-refractivity contribution in [1.82, 2.24) is 4.90 Å². The third kappa shape index (κ3) is 0.717. The highest BCUT2D eigenvalue weighted by atomic mass is 16.1. The van der Waals surface area contributed by atoms with Crippen LogP contribution in [-0.2, 0) is 9.59 Å². The average Bonchev–Trinajstić information content (AvgIpc) is 2.74. The molecule has 2 saturated heterocycles. The number of hydrogen-bond acceptors (Lipinski definition) is 3. The fraction of sp³-hybridized carbons (Fsp3) is 0.750. The van der Waals surface area contributed by atoms with E-state index in [-0.39, 0.29) is 6.04 Å². The van der Waals surface area contributed by atoms with Gasteiger partial charge in [0, 0.05) is 6.04 Å². The molecule has 0 amide bonds. The van der Waals surface area contributed by atoms with Crippen LogP contribution < -0.4 is 0 Å². The van der Waals surface area contributed by atoms with Gasteiger partial charge in [0.25, 0.3) is 0 Å². The molecule has 3 heteroatoms. The van der Waals surface area contributed by atoms with Crippen LogP contribution in [0.15, 0.2) is 0 Å². The van der Waals surface area contributed by atoms with Gasteiger partial charge in [0.05, 0.1) is 0 Å². The molecule has 0 radical (unpaired) electrons. The third-order valence-electron chi connectivity index (χ3n) is 2.84. The molecule has 0 aromatic heterocycles. The Balaban J connectivity index is 2.17. The van der Waals surface area contributed by atoms with Gasteiger partial charge < -0.3 is 9.59 Å². The Bertz CT molecular complexity index is 180. The van der Waals surface area contributed by atoms with Crippen LogP contribution in [0.25, 0.3) is 0 Å². The van der Waals surface area contributed by atoms with Crippen LogP contribution in [0, 0.1) is 0 Å². The normalized spacial score (nSPS) is 38.9. The molecule has 2 fully saturated rings. The summed E-state index contributed by atoms with van der Waals surface area (Å²) in [4.78, 5) is 23.2. The Kier molecular flexibility index (Phi) is 1.36. The summed E-state index contributed by atoms with van der Waals surface area (Å²) in [6.45, 7) is 0.919. The average molecular weight is 153 g/mol. The fourth-order valence-electron chi connectivity index (χ4n) is 2.12. The van der Waals surface area contributed by atoms with Gasteiger partial charge in [0.1, 0.15) is 18.1 Å². The standard InChI is InChI=1S/C8H11NO2/c10-5-8(6-11)7-3-1-2-4-9(7)8/h5-7H,1-4H2. The lowest BCUT2D eigenvalue weighted by molar-refractivity contribution is -0.118. The van der Waals surface area contributed by atoms with Crippen molar-refractivity contribution in [3.8, 4) is 0 Å². The molecule has 60 valence electrons. The van der Waals surface area contributed by atoms with Crippen molar-refractivity contribution in [1.29, 1.82) is 0 Å². The van der Waals surface area contributed by atoms with Crippen LogP contribution in [0.2, 0.25) is 0 Å². The maximum atomic E-state index is 10.6. The van der Waals surface area contributed by atoms with Crippen LogP contribution in [0.5, 0.6) is 0 Å². The molecule has 0 N–H and O–H groups in total. The Morgan fingerprint density at radius 3 is 2.45 bits per heavy atom. The Morgan fingerprint density at radius 1 is 1.27 bits per heavy atom. The minimum Gasteiger partial charge on any atom is -0.301 e. The number of fused-ring (bicyclic) bond motifs is 1. The molecule has 2 atom stereocenters. The lowest BCUT2D eigenvalue weighted by atomic mass is 10.0. The van der Waals surface area contributed by atoms with E-state index in [0.29, 0.717) is 0 Å². The zero-order valence-corrected chi connectivity index (χ0v) is 6.32. The van der Waals surface area contributed by atoms with Gasteiger partial charge in [0.2, 0.25) is 0 Å². The minimum absolute atomic E-state index is 0.242. The Hall–Kier alpha value is -0.700. The van der Waals surface area contributed by atoms with Gasteiger partial charge in [-0.2, -0.15) is 0 Å². The van der Waals surface area contributed by atoms with Crippen molar-refractivity contribution in [3.63, 3.8) is 0 Å². The molecule has 2 aliphatic heterocycles. The van der Waals surface area contributed by atoms with Gasteiger partial charge in [0.15, 0.2) is 0 Å². The van der Waals surface area contributed by atoms with E-state index in [2.05, 4.69) is 0 Å². The Labute approximate surface area is 65.4 Å². The maximum absolute atomic E-state index is 10.6. The lowest BCUT2D eigenvalue weighted by Crippen LogP contribution is -2.22. The number of nitrogens with zero attached hydrogens (tertiary/aromatic N) is 1. The second-order valence-corrected chi connectivity index (χ2v) is 3.33. The number of piperidine rings is 1. The van der Waals surface area contributed by atoms with Gasteiger partial charge in [-0.25, -0.2) is 0 Å². The summed E-state index contributed by atoms with van der Waals surface area (Å²) >= 11 is 0. The molecule has 2 heterocycles. The summed E-state index contributed by atoms with van der Waals surface area (Å²) in [5.74, 6) is 0. The molecule has 0 saturated carbocycles. The quantitative estimate of drug-likeness (QED) is 0.318. The molecule has 2 aliphatic rings. The molecule has 2 rings (SSSR count). The first-order chi connectivity index (χ1) is 5.35. The largest absolute Gasteiger partial charge is 0.301 e. The smallest absolute Gasteiger partial charge is 0.149 e. The van der Waals surface area contributed by atoms with E-state index < -0.39 is 5.54 Å². The zero-order valence-electron chi connectivity index (χ0n) is 6.32. The predicted octanol–water partition coefficient (Wildman–Crippen LogP) is -0.00890. The zero-order chi connectivity index (χ0) is 7.90. The van der Waals surface area contributed by atoms with Crippen LogP contribution in [0.3, 0.4) is 0 Å². The van der Waals surface area contributed by atoms with Crippen molar-refractivity contribution in [3.05, 3.63) is 0 Å². The third-order valence-corrected chi connectivity index (χ3v) is 2.84. The first-order valence-electron chi connectivity index (χ1n) is 4.04. The van der Waals surface area contributed by atoms with E-state index in [0.717, 1.165) is 38.4 Å². The second-order valence-electron chi connectivity index (χ2n) is 3.33. The van der Waals surface area contributed by atoms with E-state index in [1.54, 1.807) is 0 Å². The summed E-state index contributed by atoms with van der Waals surface area (Å²) in [5, 5.41) is 0. The van der Waals surface area contributed by atoms with Gasteiger partial charge in [-0.1, -0.05) is 6.42 Å². The maximum Gasteiger partial charge on any atom is 0.149 e. The molecule has 0 aromatic rings. The van der Waals surface area contributed by atoms with E-state index in [9.17, 15) is 9.59 Å². The van der Waals surface area contributed by atoms with E-state index in [4.69, 9.17) is 0 Å². The van der Waals surface area contributed by atoms with Gasteiger partial charge >= 0.3 is 0 Å². The minimum atomic E-state index is -0.698. The second kappa shape index (κ2) is 2.14. The fourth-order valence-corrected chi connectivity index (χ4v) is 2.12. The summed E-state index contributed by atoms with van der Waals surface area (Å²) < 4.78 is 0. The van der Waals surface area contributed by atoms with Gasteiger partial charge in [-0.15, -0.1) is 0 Å². The van der Waals surface area contributed by atoms with Crippen LogP contribution in [0.4, 0.5) is 0 Å². The van der Waals surface area contributed by atoms with Crippen molar-refractivity contribution in [2.45, 2.75) is 30.8 Å². The number of aldehydes is 2. The Morgan fingerprint density at radius 2 is 2.00 bits per heavy atom. The van der Waals surface area contributed by atoms with Crippen molar-refractivity contribution in [2.24, 2.45) is 0 Å². The van der Waals surface area contributed by atoms with Crippen molar-refractivity contribution >= 4 is 12.6 Å². The van der Waals surface area contributed by atoms with E-state index >= 15 is 0 Å². The highest BCUT2D eigenvalue weighted by Gasteiger charge is 2.63. The number of hydrogen-bond donors (Lipinski definition) is 0. The summed E-state index contributed by atoms with van der Waals surface area (Å²) in [7, 11) is 0. The van der Waals surface area contributed by atoms with Gasteiger partial charge in [-0.3, -0.25) is 4.90 Å². The number of rotatable bonds is 2. The summed E-state index contributed by atoms with van der Waals surface area (Å²) in [5.41, 5.74) is -0.698. The topological polar surface area (TPSA) is 37.1 Å². The van der Waals surface area contributed by atoms with E-state index in [1.165, 1.54) is 0 Å². The molecule has 2 unspecified atom stereocenters. The predicted molar refractivity (Wildman–Crippen MR) is 39.2 cm³/mol. The van der Waals surface area contributed by atoms with Crippen LogP contribution >= 0.6 is 0 Å². The van der Waals surface area contributed by atoms with Crippen LogP contribution in [0.1, 0.15) is 19.3 Å². The number of carbonyl (C=O) groups excluding carboxylic acids is 2. The molecule has 0 aromatic carbocycles. The molecule has 0 bridgehead atoms. The summed E-state index contributed by atoms with van der Waals surface area (Å²) in [6, 6.07) is 0.242. The van der Waals surface area contributed by atoms with E-state index in [1.807, 2.05) is 4.90 Å².